The zero-order valence-corrected chi connectivity index (χ0v) is 16.5. The van der Waals surface area contributed by atoms with E-state index in [9.17, 15) is 4.79 Å². The van der Waals surface area contributed by atoms with Crippen LogP contribution in [0, 0.1) is 6.92 Å². The number of carbonyl (C=O) groups excluding carboxylic acids is 1. The summed E-state index contributed by atoms with van der Waals surface area (Å²) in [6.45, 7) is 5.86. The minimum atomic E-state index is 0. The molecule has 0 atom stereocenters. The summed E-state index contributed by atoms with van der Waals surface area (Å²) >= 11 is 0. The standard InChI is InChI=1S/C17H26N4O.HI/c1-4-18-17(19-11-16(22)20-15-9-10-15)21(3)12-14-8-6-5-7-13(14)2;/h5-8,15H,4,9-12H2,1-3H3,(H,18,19)(H,20,22);1H. The maximum Gasteiger partial charge on any atom is 0.242 e. The first-order valence-corrected chi connectivity index (χ1v) is 7.93. The lowest BCUT2D eigenvalue weighted by Crippen LogP contribution is -2.39. The van der Waals surface area contributed by atoms with Crippen LogP contribution in [0.1, 0.15) is 30.9 Å². The van der Waals surface area contributed by atoms with Crippen molar-refractivity contribution in [3.8, 4) is 0 Å². The van der Waals surface area contributed by atoms with Gasteiger partial charge in [0.2, 0.25) is 5.91 Å². The fraction of sp³-hybridized carbons (Fsp3) is 0.529. The summed E-state index contributed by atoms with van der Waals surface area (Å²) < 4.78 is 0. The topological polar surface area (TPSA) is 56.7 Å². The summed E-state index contributed by atoms with van der Waals surface area (Å²) in [7, 11) is 1.99. The molecule has 0 bridgehead atoms. The number of benzene rings is 1. The van der Waals surface area contributed by atoms with Crippen molar-refractivity contribution < 1.29 is 4.79 Å². The molecule has 1 aliphatic carbocycles. The van der Waals surface area contributed by atoms with Gasteiger partial charge >= 0.3 is 0 Å². The van der Waals surface area contributed by atoms with Crippen LogP contribution in [0.3, 0.4) is 0 Å². The predicted octanol–water partition coefficient (Wildman–Crippen LogP) is 2.29. The second-order valence-electron chi connectivity index (χ2n) is 5.79. The van der Waals surface area contributed by atoms with E-state index in [-0.39, 0.29) is 36.4 Å². The quantitative estimate of drug-likeness (QED) is 0.414. The van der Waals surface area contributed by atoms with Gasteiger partial charge in [0.15, 0.2) is 5.96 Å². The number of hydrogen-bond acceptors (Lipinski definition) is 2. The molecule has 1 aromatic rings. The number of nitrogens with zero attached hydrogens (tertiary/aromatic N) is 2. The normalized spacial score (nSPS) is 14.0. The highest BCUT2D eigenvalue weighted by Gasteiger charge is 2.23. The summed E-state index contributed by atoms with van der Waals surface area (Å²) in [4.78, 5) is 18.3. The van der Waals surface area contributed by atoms with E-state index in [0.717, 1.165) is 31.9 Å². The Hall–Kier alpha value is -1.31. The number of amides is 1. The molecule has 0 radical (unpaired) electrons. The molecule has 1 aromatic carbocycles. The molecule has 1 amide bonds. The Balaban J connectivity index is 0.00000264. The van der Waals surface area contributed by atoms with Crippen LogP contribution in [0.25, 0.3) is 0 Å². The van der Waals surface area contributed by atoms with Gasteiger partial charge in [-0.05, 0) is 37.8 Å². The average Bonchev–Trinajstić information content (AvgIpc) is 3.29. The largest absolute Gasteiger partial charge is 0.357 e. The Labute approximate surface area is 156 Å². The molecule has 1 fully saturated rings. The van der Waals surface area contributed by atoms with Crippen LogP contribution >= 0.6 is 24.0 Å². The lowest BCUT2D eigenvalue weighted by atomic mass is 10.1. The number of aliphatic imine (C=N–C) groups is 1. The van der Waals surface area contributed by atoms with Crippen LogP contribution in [0.5, 0.6) is 0 Å². The van der Waals surface area contributed by atoms with Gasteiger partial charge < -0.3 is 15.5 Å². The van der Waals surface area contributed by atoms with E-state index in [0.29, 0.717) is 6.04 Å². The molecule has 23 heavy (non-hydrogen) atoms. The van der Waals surface area contributed by atoms with E-state index in [2.05, 4.69) is 39.6 Å². The summed E-state index contributed by atoms with van der Waals surface area (Å²) in [6.07, 6.45) is 2.20. The number of aryl methyl sites for hydroxylation is 1. The zero-order valence-electron chi connectivity index (χ0n) is 14.1. The molecule has 0 aliphatic heterocycles. The van der Waals surface area contributed by atoms with Crippen molar-refractivity contribution in [2.45, 2.75) is 39.3 Å². The van der Waals surface area contributed by atoms with E-state index in [1.54, 1.807) is 0 Å². The highest BCUT2D eigenvalue weighted by atomic mass is 127. The van der Waals surface area contributed by atoms with Gasteiger partial charge in [-0.3, -0.25) is 4.79 Å². The van der Waals surface area contributed by atoms with E-state index in [1.807, 2.05) is 26.1 Å². The maximum atomic E-state index is 11.8. The van der Waals surface area contributed by atoms with Gasteiger partial charge in [-0.2, -0.15) is 0 Å². The van der Waals surface area contributed by atoms with E-state index in [4.69, 9.17) is 0 Å². The molecule has 2 N–H and O–H groups in total. The summed E-state index contributed by atoms with van der Waals surface area (Å²) in [6, 6.07) is 8.70. The van der Waals surface area contributed by atoms with Gasteiger partial charge in [0.25, 0.3) is 0 Å². The molecule has 2 rings (SSSR count). The van der Waals surface area contributed by atoms with Gasteiger partial charge in [-0.25, -0.2) is 4.99 Å². The number of guanidine groups is 1. The summed E-state index contributed by atoms with van der Waals surface area (Å²) in [5, 5.41) is 6.20. The smallest absolute Gasteiger partial charge is 0.242 e. The highest BCUT2D eigenvalue weighted by Crippen LogP contribution is 2.18. The van der Waals surface area contributed by atoms with Gasteiger partial charge in [-0.1, -0.05) is 24.3 Å². The van der Waals surface area contributed by atoms with Crippen LogP contribution in [0.2, 0.25) is 0 Å². The minimum absolute atomic E-state index is 0. The molecule has 0 heterocycles. The molecular formula is C17H27IN4O. The number of carbonyl (C=O) groups is 1. The van der Waals surface area contributed by atoms with Crippen molar-refractivity contribution in [2.75, 3.05) is 20.1 Å². The van der Waals surface area contributed by atoms with Gasteiger partial charge in [0.1, 0.15) is 6.54 Å². The third kappa shape index (κ3) is 6.76. The molecule has 1 aliphatic rings. The molecule has 0 saturated heterocycles. The van der Waals surface area contributed by atoms with Crippen molar-refractivity contribution >= 4 is 35.8 Å². The second kappa shape index (κ2) is 9.75. The maximum absolute atomic E-state index is 11.8. The Bertz CT molecular complexity index is 543. The second-order valence-corrected chi connectivity index (χ2v) is 5.79. The van der Waals surface area contributed by atoms with Crippen molar-refractivity contribution in [1.29, 1.82) is 0 Å². The number of halogens is 1. The molecule has 0 unspecified atom stereocenters. The molecule has 6 heteroatoms. The van der Waals surface area contributed by atoms with Crippen molar-refractivity contribution in [2.24, 2.45) is 4.99 Å². The number of hydrogen-bond donors (Lipinski definition) is 2. The third-order valence-corrected chi connectivity index (χ3v) is 3.68. The van der Waals surface area contributed by atoms with E-state index < -0.39 is 0 Å². The molecule has 0 spiro atoms. The Morgan fingerprint density at radius 2 is 2.04 bits per heavy atom. The van der Waals surface area contributed by atoms with Crippen LogP contribution in [-0.4, -0.2) is 42.9 Å². The molecule has 1 saturated carbocycles. The SMILES string of the molecule is CCNC(=NCC(=O)NC1CC1)N(C)Cc1ccccc1C.I. The van der Waals surface area contributed by atoms with E-state index >= 15 is 0 Å². The Morgan fingerprint density at radius 3 is 2.65 bits per heavy atom. The Kier molecular flexibility index (Phi) is 8.36. The highest BCUT2D eigenvalue weighted by molar-refractivity contribution is 14.0. The van der Waals surface area contributed by atoms with Gasteiger partial charge in [0.05, 0.1) is 0 Å². The Morgan fingerprint density at radius 1 is 1.35 bits per heavy atom. The number of nitrogens with one attached hydrogen (secondary N) is 2. The van der Waals surface area contributed by atoms with Crippen LogP contribution in [0.4, 0.5) is 0 Å². The summed E-state index contributed by atoms with van der Waals surface area (Å²) in [5.74, 6) is 0.763. The molecule has 128 valence electrons. The molecular weight excluding hydrogens is 403 g/mol. The van der Waals surface area contributed by atoms with Gasteiger partial charge in [-0.15, -0.1) is 24.0 Å². The molecule has 0 aromatic heterocycles. The van der Waals surface area contributed by atoms with Crippen LogP contribution in [0.15, 0.2) is 29.3 Å². The molecule has 5 nitrogen and oxygen atoms in total. The number of rotatable bonds is 6. The predicted molar refractivity (Wildman–Crippen MR) is 105 cm³/mol. The lowest BCUT2D eigenvalue weighted by Gasteiger charge is -2.23. The van der Waals surface area contributed by atoms with E-state index in [1.165, 1.54) is 11.1 Å². The van der Waals surface area contributed by atoms with Crippen molar-refractivity contribution in [3.05, 3.63) is 35.4 Å². The minimum Gasteiger partial charge on any atom is -0.357 e. The fourth-order valence-corrected chi connectivity index (χ4v) is 2.24. The lowest BCUT2D eigenvalue weighted by molar-refractivity contribution is -0.119. The first kappa shape index (κ1) is 19.7. The van der Waals surface area contributed by atoms with Crippen LogP contribution < -0.4 is 10.6 Å². The zero-order chi connectivity index (χ0) is 15.9. The van der Waals surface area contributed by atoms with Crippen LogP contribution in [-0.2, 0) is 11.3 Å². The van der Waals surface area contributed by atoms with Gasteiger partial charge in [0, 0.05) is 26.2 Å². The first-order chi connectivity index (χ1) is 10.6. The average molecular weight is 430 g/mol. The van der Waals surface area contributed by atoms with Crippen molar-refractivity contribution in [1.82, 2.24) is 15.5 Å². The first-order valence-electron chi connectivity index (χ1n) is 7.93. The monoisotopic (exact) mass is 430 g/mol. The third-order valence-electron chi connectivity index (χ3n) is 3.68. The summed E-state index contributed by atoms with van der Waals surface area (Å²) in [5.41, 5.74) is 2.52. The fourth-order valence-electron chi connectivity index (χ4n) is 2.24. The van der Waals surface area contributed by atoms with Crippen molar-refractivity contribution in [3.63, 3.8) is 0 Å².